The lowest BCUT2D eigenvalue weighted by atomic mass is 9.76. The molecule has 0 saturated carbocycles. The van der Waals surface area contributed by atoms with Gasteiger partial charge in [-0.05, 0) is 31.2 Å². The third-order valence-corrected chi connectivity index (χ3v) is 5.61. The Balaban J connectivity index is 1.71. The average Bonchev–Trinajstić information content (AvgIpc) is 3.38. The average molecular weight is 443 g/mol. The van der Waals surface area contributed by atoms with E-state index in [0.29, 0.717) is 0 Å². The van der Waals surface area contributed by atoms with E-state index in [0.717, 1.165) is 18.7 Å². The van der Waals surface area contributed by atoms with E-state index in [1.165, 1.54) is 30.3 Å². The van der Waals surface area contributed by atoms with Gasteiger partial charge in [0.1, 0.15) is 0 Å². The second-order valence-corrected chi connectivity index (χ2v) is 7.63. The third-order valence-electron chi connectivity index (χ3n) is 5.61. The number of benzene rings is 1. The van der Waals surface area contributed by atoms with E-state index < -0.39 is 59.6 Å². The number of carbonyl (C=O) groups excluding carboxylic acids is 5. The van der Waals surface area contributed by atoms with E-state index >= 15 is 0 Å². The zero-order chi connectivity index (χ0) is 23.2. The summed E-state index contributed by atoms with van der Waals surface area (Å²) in [5.74, 6) is -5.19. The number of nitrogens with zero attached hydrogens (tertiary/aromatic N) is 1. The number of amides is 2. The van der Waals surface area contributed by atoms with Crippen LogP contribution in [0, 0.1) is 11.8 Å². The standard InChI is InChI=1S/C22H21NO9/c1-4-29-20(28)13-6-5-7-14(10-13)23-18(26)16-15-8-9-22(32-15,17(16)19(23)27)21(30-11(2)24)31-12(3)25/h5-10,15-17,21H,4H2,1-3H3/t15-,16-,17-,22-/m0/s1. The Morgan fingerprint density at radius 1 is 1.12 bits per heavy atom. The lowest BCUT2D eigenvalue weighted by Gasteiger charge is -2.34. The zero-order valence-corrected chi connectivity index (χ0v) is 17.6. The summed E-state index contributed by atoms with van der Waals surface area (Å²) in [5, 5.41) is 0. The first-order valence-corrected chi connectivity index (χ1v) is 10.1. The molecule has 2 amide bonds. The van der Waals surface area contributed by atoms with Gasteiger partial charge in [0.15, 0.2) is 5.60 Å². The third kappa shape index (κ3) is 3.27. The molecule has 0 N–H and O–H groups in total. The first-order chi connectivity index (χ1) is 15.2. The number of rotatable bonds is 6. The normalized spacial score (nSPS) is 27.6. The molecule has 3 aliphatic rings. The number of esters is 3. The number of fused-ring (bicyclic) bond motifs is 5. The van der Waals surface area contributed by atoms with E-state index in [2.05, 4.69) is 0 Å². The Bertz CT molecular complexity index is 1030. The van der Waals surface area contributed by atoms with Crippen LogP contribution in [0.4, 0.5) is 5.69 Å². The molecule has 3 heterocycles. The molecule has 0 radical (unpaired) electrons. The molecular formula is C22H21NO9. The van der Waals surface area contributed by atoms with E-state index in [1.54, 1.807) is 13.0 Å². The number of carbonyl (C=O) groups is 5. The maximum absolute atomic E-state index is 13.5. The molecule has 2 fully saturated rings. The van der Waals surface area contributed by atoms with Crippen molar-refractivity contribution in [3.63, 3.8) is 0 Å². The van der Waals surface area contributed by atoms with Crippen LogP contribution in [0.3, 0.4) is 0 Å². The minimum absolute atomic E-state index is 0.176. The lowest BCUT2D eigenvalue weighted by molar-refractivity contribution is -0.226. The van der Waals surface area contributed by atoms with Crippen LogP contribution >= 0.6 is 0 Å². The van der Waals surface area contributed by atoms with Crippen molar-refractivity contribution in [3.8, 4) is 0 Å². The van der Waals surface area contributed by atoms with Gasteiger partial charge in [0, 0.05) is 13.8 Å². The summed E-state index contributed by atoms with van der Waals surface area (Å²) in [6.07, 6.45) is 0.781. The smallest absolute Gasteiger partial charge is 0.338 e. The minimum Gasteiger partial charge on any atom is -0.462 e. The molecule has 0 aromatic heterocycles. The van der Waals surface area contributed by atoms with Gasteiger partial charge in [-0.1, -0.05) is 12.1 Å². The van der Waals surface area contributed by atoms with Crippen molar-refractivity contribution in [1.29, 1.82) is 0 Å². The fraction of sp³-hybridized carbons (Fsp3) is 0.409. The molecule has 2 saturated heterocycles. The molecule has 10 nitrogen and oxygen atoms in total. The van der Waals surface area contributed by atoms with Crippen molar-refractivity contribution >= 4 is 35.4 Å². The summed E-state index contributed by atoms with van der Waals surface area (Å²) in [5.41, 5.74) is -1.25. The maximum Gasteiger partial charge on any atom is 0.338 e. The first kappa shape index (κ1) is 21.7. The predicted molar refractivity (Wildman–Crippen MR) is 106 cm³/mol. The van der Waals surface area contributed by atoms with Gasteiger partial charge in [0.2, 0.25) is 11.8 Å². The van der Waals surface area contributed by atoms with Crippen molar-refractivity contribution in [2.75, 3.05) is 11.5 Å². The molecule has 10 heteroatoms. The summed E-state index contributed by atoms with van der Waals surface area (Å²) < 4.78 is 21.2. The van der Waals surface area contributed by atoms with Crippen LogP contribution in [-0.2, 0) is 38.1 Å². The van der Waals surface area contributed by atoms with Gasteiger partial charge in [-0.3, -0.25) is 19.2 Å². The molecule has 168 valence electrons. The second kappa shape index (κ2) is 7.86. The van der Waals surface area contributed by atoms with Crippen molar-refractivity contribution in [1.82, 2.24) is 0 Å². The predicted octanol–water partition coefficient (Wildman–Crippen LogP) is 1.13. The number of imide groups is 1. The van der Waals surface area contributed by atoms with Gasteiger partial charge in [0.25, 0.3) is 6.29 Å². The monoisotopic (exact) mass is 443 g/mol. The van der Waals surface area contributed by atoms with Gasteiger partial charge in [0.05, 0.1) is 35.8 Å². The molecule has 2 bridgehead atoms. The van der Waals surface area contributed by atoms with Crippen LogP contribution in [0.5, 0.6) is 0 Å². The van der Waals surface area contributed by atoms with Crippen molar-refractivity contribution in [3.05, 3.63) is 42.0 Å². The Morgan fingerprint density at radius 3 is 2.44 bits per heavy atom. The Labute approximate surface area is 183 Å². The number of hydrogen-bond donors (Lipinski definition) is 0. The van der Waals surface area contributed by atoms with E-state index in [1.807, 2.05) is 0 Å². The number of hydrogen-bond acceptors (Lipinski definition) is 9. The molecule has 1 aromatic rings. The van der Waals surface area contributed by atoms with Gasteiger partial charge >= 0.3 is 17.9 Å². The molecule has 0 unspecified atom stereocenters. The van der Waals surface area contributed by atoms with Crippen LogP contribution in [0.2, 0.25) is 0 Å². The zero-order valence-electron chi connectivity index (χ0n) is 17.6. The molecule has 32 heavy (non-hydrogen) atoms. The highest BCUT2D eigenvalue weighted by Gasteiger charge is 2.72. The highest BCUT2D eigenvalue weighted by molar-refractivity contribution is 6.23. The fourth-order valence-corrected chi connectivity index (χ4v) is 4.46. The molecule has 0 aliphatic carbocycles. The van der Waals surface area contributed by atoms with Gasteiger partial charge in [-0.25, -0.2) is 9.69 Å². The minimum atomic E-state index is -1.63. The molecular weight excluding hydrogens is 422 g/mol. The van der Waals surface area contributed by atoms with Crippen LogP contribution in [-0.4, -0.2) is 54.3 Å². The van der Waals surface area contributed by atoms with Crippen molar-refractivity contribution in [2.45, 2.75) is 38.8 Å². The summed E-state index contributed by atoms with van der Waals surface area (Å²) in [7, 11) is 0. The van der Waals surface area contributed by atoms with Crippen molar-refractivity contribution in [2.24, 2.45) is 11.8 Å². The molecule has 1 aromatic carbocycles. The molecule has 4 atom stereocenters. The van der Waals surface area contributed by atoms with Gasteiger partial charge < -0.3 is 18.9 Å². The lowest BCUT2D eigenvalue weighted by Crippen LogP contribution is -2.52. The van der Waals surface area contributed by atoms with Crippen LogP contribution in [0.25, 0.3) is 0 Å². The van der Waals surface area contributed by atoms with Crippen molar-refractivity contribution < 1.29 is 42.9 Å². The summed E-state index contributed by atoms with van der Waals surface area (Å²) in [4.78, 5) is 63.1. The Morgan fingerprint density at radius 2 is 1.81 bits per heavy atom. The highest BCUT2D eigenvalue weighted by atomic mass is 16.7. The van der Waals surface area contributed by atoms with E-state index in [4.69, 9.17) is 18.9 Å². The topological polar surface area (TPSA) is 126 Å². The van der Waals surface area contributed by atoms with Gasteiger partial charge in [-0.15, -0.1) is 0 Å². The molecule has 3 aliphatic heterocycles. The quantitative estimate of drug-likeness (QED) is 0.275. The molecule has 0 spiro atoms. The number of ether oxygens (including phenoxy) is 4. The SMILES string of the molecule is CCOC(=O)c1cccc(N2C(=O)[C@H]3[C@@H]4C=C[C@](C(OC(C)=O)OC(C)=O)(O4)[C@@H]3C2=O)c1. The summed E-state index contributed by atoms with van der Waals surface area (Å²) >= 11 is 0. The highest BCUT2D eigenvalue weighted by Crippen LogP contribution is 2.54. The summed E-state index contributed by atoms with van der Waals surface area (Å²) in [6.45, 7) is 4.10. The van der Waals surface area contributed by atoms with E-state index in [9.17, 15) is 24.0 Å². The van der Waals surface area contributed by atoms with Crippen LogP contribution in [0.1, 0.15) is 31.1 Å². The first-order valence-electron chi connectivity index (χ1n) is 10.1. The largest absolute Gasteiger partial charge is 0.462 e. The summed E-state index contributed by atoms with van der Waals surface area (Å²) in [6, 6.07) is 5.97. The Kier molecular flexibility index (Phi) is 5.33. The second-order valence-electron chi connectivity index (χ2n) is 7.63. The Hall–Kier alpha value is -3.53. The number of anilines is 1. The molecule has 4 rings (SSSR count). The fourth-order valence-electron chi connectivity index (χ4n) is 4.46. The van der Waals surface area contributed by atoms with Crippen LogP contribution in [0.15, 0.2) is 36.4 Å². The van der Waals surface area contributed by atoms with Crippen LogP contribution < -0.4 is 4.90 Å². The van der Waals surface area contributed by atoms with E-state index in [-0.39, 0.29) is 17.9 Å². The maximum atomic E-state index is 13.5. The van der Waals surface area contributed by atoms with Gasteiger partial charge in [-0.2, -0.15) is 0 Å².